The summed E-state index contributed by atoms with van der Waals surface area (Å²) in [6, 6.07) is 3.62. The molecular weight excluding hydrogens is 184 g/mol. The highest BCUT2D eigenvalue weighted by Gasteiger charge is 2.54. The van der Waals surface area contributed by atoms with E-state index in [1.165, 1.54) is 0 Å². The van der Waals surface area contributed by atoms with Crippen molar-refractivity contribution in [2.24, 2.45) is 5.73 Å². The first-order valence-electron chi connectivity index (χ1n) is 4.15. The normalized spacial score (nSPS) is 33.3. The maximum Gasteiger partial charge on any atom is 0.242 e. The summed E-state index contributed by atoms with van der Waals surface area (Å²) >= 11 is 1.64. The lowest BCUT2D eigenvalue weighted by molar-refractivity contribution is -0.156. The number of thiophene rings is 1. The molecular formula is C9H12N2OS. The van der Waals surface area contributed by atoms with E-state index in [1.807, 2.05) is 24.4 Å². The molecule has 2 heterocycles. The molecule has 1 aliphatic heterocycles. The van der Waals surface area contributed by atoms with Gasteiger partial charge in [-0.15, -0.1) is 11.3 Å². The van der Waals surface area contributed by atoms with E-state index in [4.69, 9.17) is 5.73 Å². The highest BCUT2D eigenvalue weighted by Crippen LogP contribution is 2.40. The Morgan fingerprint density at radius 2 is 2.38 bits per heavy atom. The molecule has 0 aromatic carbocycles. The van der Waals surface area contributed by atoms with Gasteiger partial charge in [0, 0.05) is 11.9 Å². The molecule has 1 fully saturated rings. The standard InChI is InChI=1S/C9H12N2OS/c1-9(6-4-3-5-13-6)7(10)8(12)11(9)2/h3-5,7H,10H2,1-2H3/t7-,9-/m0/s1. The fraction of sp³-hybridized carbons (Fsp3) is 0.444. The van der Waals surface area contributed by atoms with Crippen molar-refractivity contribution >= 4 is 17.2 Å². The summed E-state index contributed by atoms with van der Waals surface area (Å²) in [5, 5.41) is 2.00. The van der Waals surface area contributed by atoms with E-state index in [2.05, 4.69) is 0 Å². The number of rotatable bonds is 1. The van der Waals surface area contributed by atoms with Crippen LogP contribution in [0.3, 0.4) is 0 Å². The van der Waals surface area contributed by atoms with Crippen LogP contribution >= 0.6 is 11.3 Å². The van der Waals surface area contributed by atoms with Crippen LogP contribution in [0, 0.1) is 0 Å². The summed E-state index contributed by atoms with van der Waals surface area (Å²) < 4.78 is 0. The summed E-state index contributed by atoms with van der Waals surface area (Å²) in [5.41, 5.74) is 5.51. The van der Waals surface area contributed by atoms with Gasteiger partial charge in [-0.2, -0.15) is 0 Å². The lowest BCUT2D eigenvalue weighted by atomic mass is 9.80. The number of carbonyl (C=O) groups excluding carboxylic acids is 1. The van der Waals surface area contributed by atoms with E-state index in [0.29, 0.717) is 0 Å². The third kappa shape index (κ3) is 0.899. The van der Waals surface area contributed by atoms with Crippen LogP contribution in [-0.4, -0.2) is 23.9 Å². The zero-order chi connectivity index (χ0) is 9.64. The van der Waals surface area contributed by atoms with Crippen LogP contribution in [-0.2, 0) is 10.3 Å². The van der Waals surface area contributed by atoms with Crippen molar-refractivity contribution < 1.29 is 4.79 Å². The number of nitrogens with zero attached hydrogens (tertiary/aromatic N) is 1. The van der Waals surface area contributed by atoms with E-state index >= 15 is 0 Å². The molecule has 1 aromatic heterocycles. The van der Waals surface area contributed by atoms with Gasteiger partial charge in [-0.1, -0.05) is 6.07 Å². The molecule has 0 unspecified atom stereocenters. The van der Waals surface area contributed by atoms with E-state index in [1.54, 1.807) is 23.3 Å². The molecule has 13 heavy (non-hydrogen) atoms. The molecule has 3 nitrogen and oxygen atoms in total. The number of hydrogen-bond donors (Lipinski definition) is 1. The van der Waals surface area contributed by atoms with Crippen LogP contribution in [0.5, 0.6) is 0 Å². The number of β-lactam (4-membered cyclic amide) rings is 1. The molecule has 1 aliphatic rings. The van der Waals surface area contributed by atoms with Gasteiger partial charge in [0.1, 0.15) is 6.04 Å². The molecule has 4 heteroatoms. The zero-order valence-electron chi connectivity index (χ0n) is 7.65. The highest BCUT2D eigenvalue weighted by atomic mass is 32.1. The van der Waals surface area contributed by atoms with Crippen LogP contribution in [0.1, 0.15) is 11.8 Å². The van der Waals surface area contributed by atoms with E-state index in [-0.39, 0.29) is 17.5 Å². The predicted octanol–water partition coefficient (Wildman–Crippen LogP) is 0.763. The Hall–Kier alpha value is -0.870. The maximum absolute atomic E-state index is 11.3. The average molecular weight is 196 g/mol. The van der Waals surface area contributed by atoms with Crippen LogP contribution < -0.4 is 5.73 Å². The quantitative estimate of drug-likeness (QED) is 0.674. The van der Waals surface area contributed by atoms with E-state index in [9.17, 15) is 4.79 Å². The van der Waals surface area contributed by atoms with Crippen molar-refractivity contribution in [3.8, 4) is 0 Å². The molecule has 1 aromatic rings. The molecule has 0 saturated carbocycles. The van der Waals surface area contributed by atoms with Crippen molar-refractivity contribution in [2.45, 2.75) is 18.5 Å². The van der Waals surface area contributed by atoms with Gasteiger partial charge in [0.15, 0.2) is 0 Å². The van der Waals surface area contributed by atoms with Crippen LogP contribution in [0.2, 0.25) is 0 Å². The average Bonchev–Trinajstić information content (AvgIpc) is 2.67. The fourth-order valence-electron chi connectivity index (χ4n) is 1.71. The van der Waals surface area contributed by atoms with E-state index < -0.39 is 0 Å². The molecule has 0 radical (unpaired) electrons. The molecule has 1 amide bonds. The number of carbonyl (C=O) groups is 1. The second-order valence-corrected chi connectivity index (χ2v) is 4.45. The summed E-state index contributed by atoms with van der Waals surface area (Å²) in [5.74, 6) is 0.0240. The minimum Gasteiger partial charge on any atom is -0.332 e. The lowest BCUT2D eigenvalue weighted by Gasteiger charge is -2.52. The van der Waals surface area contributed by atoms with Gasteiger partial charge in [0.2, 0.25) is 5.91 Å². The van der Waals surface area contributed by atoms with Crippen molar-refractivity contribution in [3.63, 3.8) is 0 Å². The Labute approximate surface area is 81.2 Å². The van der Waals surface area contributed by atoms with Crippen LogP contribution in [0.15, 0.2) is 17.5 Å². The first kappa shape index (κ1) is 8.72. The Balaban J connectivity index is 2.38. The molecule has 2 rings (SSSR count). The monoisotopic (exact) mass is 196 g/mol. The fourth-order valence-corrected chi connectivity index (χ4v) is 2.67. The molecule has 0 spiro atoms. The summed E-state index contributed by atoms with van der Waals surface area (Å²) in [4.78, 5) is 14.1. The van der Waals surface area contributed by atoms with Crippen molar-refractivity contribution in [1.82, 2.24) is 4.90 Å². The van der Waals surface area contributed by atoms with Gasteiger partial charge in [-0.3, -0.25) is 4.79 Å². The Morgan fingerprint density at radius 3 is 2.85 bits per heavy atom. The number of likely N-dealkylation sites (tertiary alicyclic amines) is 1. The predicted molar refractivity (Wildman–Crippen MR) is 52.4 cm³/mol. The number of amides is 1. The zero-order valence-corrected chi connectivity index (χ0v) is 8.47. The molecule has 1 saturated heterocycles. The van der Waals surface area contributed by atoms with Gasteiger partial charge >= 0.3 is 0 Å². The first-order valence-corrected chi connectivity index (χ1v) is 5.03. The number of nitrogens with two attached hydrogens (primary N) is 1. The third-order valence-electron chi connectivity index (χ3n) is 2.92. The van der Waals surface area contributed by atoms with Crippen LogP contribution in [0.25, 0.3) is 0 Å². The van der Waals surface area contributed by atoms with Crippen molar-refractivity contribution in [3.05, 3.63) is 22.4 Å². The topological polar surface area (TPSA) is 46.3 Å². The minimum absolute atomic E-state index is 0.0240. The molecule has 0 aliphatic carbocycles. The maximum atomic E-state index is 11.3. The second-order valence-electron chi connectivity index (χ2n) is 3.50. The van der Waals surface area contributed by atoms with Gasteiger partial charge in [-0.25, -0.2) is 0 Å². The SMILES string of the molecule is CN1C(=O)[C@H](N)[C@]1(C)c1cccs1. The lowest BCUT2D eigenvalue weighted by Crippen LogP contribution is -2.72. The molecule has 70 valence electrons. The molecule has 2 atom stereocenters. The Bertz CT molecular complexity index is 321. The smallest absolute Gasteiger partial charge is 0.242 e. The van der Waals surface area contributed by atoms with Gasteiger partial charge in [0.25, 0.3) is 0 Å². The summed E-state index contributed by atoms with van der Waals surface area (Å²) in [6.45, 7) is 2.00. The van der Waals surface area contributed by atoms with Gasteiger partial charge in [-0.05, 0) is 18.4 Å². The van der Waals surface area contributed by atoms with Crippen LogP contribution in [0.4, 0.5) is 0 Å². The third-order valence-corrected chi connectivity index (χ3v) is 4.02. The van der Waals surface area contributed by atoms with Crippen molar-refractivity contribution in [1.29, 1.82) is 0 Å². The number of hydrogen-bond acceptors (Lipinski definition) is 3. The summed E-state index contributed by atoms with van der Waals surface area (Å²) in [6.07, 6.45) is 0. The summed E-state index contributed by atoms with van der Waals surface area (Å²) in [7, 11) is 1.80. The molecule has 2 N–H and O–H groups in total. The largest absolute Gasteiger partial charge is 0.332 e. The highest BCUT2D eigenvalue weighted by molar-refractivity contribution is 7.10. The minimum atomic E-state index is -0.379. The second kappa shape index (κ2) is 2.56. The first-order chi connectivity index (χ1) is 6.08. The van der Waals surface area contributed by atoms with Gasteiger partial charge < -0.3 is 10.6 Å². The Morgan fingerprint density at radius 1 is 1.69 bits per heavy atom. The van der Waals surface area contributed by atoms with Crippen molar-refractivity contribution in [2.75, 3.05) is 7.05 Å². The Kier molecular flexibility index (Phi) is 1.72. The number of likely N-dealkylation sites (N-methyl/N-ethyl adjacent to an activating group) is 1. The van der Waals surface area contributed by atoms with E-state index in [0.717, 1.165) is 4.88 Å². The van der Waals surface area contributed by atoms with Gasteiger partial charge in [0.05, 0.1) is 5.54 Å². The molecule has 0 bridgehead atoms.